The highest BCUT2D eigenvalue weighted by molar-refractivity contribution is 8.02. The van der Waals surface area contributed by atoms with E-state index < -0.39 is 16.8 Å². The highest BCUT2D eigenvalue weighted by Gasteiger charge is 2.09. The Bertz CT molecular complexity index is 1050. The molecule has 0 aromatic heterocycles. The van der Waals surface area contributed by atoms with E-state index in [1.165, 1.54) is 22.7 Å². The van der Waals surface area contributed by atoms with Crippen molar-refractivity contribution < 1.29 is 23.3 Å². The Morgan fingerprint density at radius 3 is 1.80 bits per heavy atom. The van der Waals surface area contributed by atoms with E-state index >= 15 is 0 Å². The lowest BCUT2D eigenvalue weighted by atomic mass is 10.2. The molecule has 0 aliphatic carbocycles. The van der Waals surface area contributed by atoms with Crippen molar-refractivity contribution in [3.63, 3.8) is 0 Å². The van der Waals surface area contributed by atoms with Crippen molar-refractivity contribution in [3.8, 4) is 0 Å². The number of unbranched alkanes of at least 4 members (excludes halogenated alkanes) is 3. The molecule has 5 nitrogen and oxygen atoms in total. The van der Waals surface area contributed by atoms with Crippen molar-refractivity contribution in [1.82, 2.24) is 0 Å². The molecule has 0 saturated heterocycles. The second-order valence-corrected chi connectivity index (χ2v) is 10.6. The lowest BCUT2D eigenvalue weighted by molar-refractivity contribution is -0.140. The summed E-state index contributed by atoms with van der Waals surface area (Å²) < 4.78 is 22.9. The molecule has 2 rings (SSSR count). The smallest absolute Gasteiger partial charge is 0.334 e. The molecule has 0 fully saturated rings. The van der Waals surface area contributed by atoms with Crippen LogP contribution in [-0.4, -0.2) is 29.4 Å². The predicted molar refractivity (Wildman–Crippen MR) is 143 cm³/mol. The molecule has 0 spiro atoms. The van der Waals surface area contributed by atoms with E-state index in [9.17, 15) is 13.8 Å². The molecule has 0 N–H and O–H groups in total. The van der Waals surface area contributed by atoms with Crippen LogP contribution in [0.1, 0.15) is 50.7 Å². The number of benzene rings is 2. The van der Waals surface area contributed by atoms with Crippen LogP contribution in [0, 0.1) is 13.8 Å². The van der Waals surface area contributed by atoms with Crippen LogP contribution in [0.2, 0.25) is 0 Å². The van der Waals surface area contributed by atoms with Crippen molar-refractivity contribution in [1.29, 1.82) is 0 Å². The van der Waals surface area contributed by atoms with Crippen LogP contribution in [-0.2, 0) is 29.9 Å². The maximum absolute atomic E-state index is 12.3. The van der Waals surface area contributed by atoms with Crippen molar-refractivity contribution in [2.24, 2.45) is 0 Å². The van der Waals surface area contributed by atoms with Crippen molar-refractivity contribution in [2.75, 3.05) is 13.2 Å². The summed E-state index contributed by atoms with van der Waals surface area (Å²) in [4.78, 5) is 25.9. The van der Waals surface area contributed by atoms with Gasteiger partial charge in [0.05, 0.1) is 24.0 Å². The van der Waals surface area contributed by atoms with E-state index in [1.807, 2.05) is 55.7 Å². The van der Waals surface area contributed by atoms with Gasteiger partial charge in [0.25, 0.3) is 0 Å². The van der Waals surface area contributed by atoms with Gasteiger partial charge in [0, 0.05) is 26.3 Å². The molecule has 7 heteroatoms. The summed E-state index contributed by atoms with van der Waals surface area (Å²) in [5.41, 5.74) is 3.20. The van der Waals surface area contributed by atoms with Crippen LogP contribution in [0.25, 0.3) is 0 Å². The molecule has 2 aromatic rings. The van der Waals surface area contributed by atoms with Gasteiger partial charge >= 0.3 is 11.9 Å². The molecule has 1 unspecified atom stereocenters. The first-order valence-electron chi connectivity index (χ1n) is 11.7. The molecule has 0 aliphatic heterocycles. The zero-order valence-corrected chi connectivity index (χ0v) is 22.5. The summed E-state index contributed by atoms with van der Waals surface area (Å²) in [5, 5.41) is 3.24. The van der Waals surface area contributed by atoms with Crippen molar-refractivity contribution in [2.45, 2.75) is 63.2 Å². The van der Waals surface area contributed by atoms with Crippen LogP contribution >= 0.6 is 11.8 Å². The van der Waals surface area contributed by atoms with Gasteiger partial charge < -0.3 is 9.47 Å². The van der Waals surface area contributed by atoms with Gasteiger partial charge in [0.2, 0.25) is 0 Å². The van der Waals surface area contributed by atoms with E-state index in [1.54, 1.807) is 26.0 Å². The second-order valence-electron chi connectivity index (χ2n) is 8.33. The summed E-state index contributed by atoms with van der Waals surface area (Å²) in [7, 11) is -1.38. The Hall–Kier alpha value is -2.64. The molecule has 0 saturated carbocycles. The van der Waals surface area contributed by atoms with E-state index in [0.717, 1.165) is 36.1 Å². The molecule has 1 atom stereocenters. The zero-order valence-electron chi connectivity index (χ0n) is 20.9. The van der Waals surface area contributed by atoms with Gasteiger partial charge in [-0.2, -0.15) is 0 Å². The summed E-state index contributed by atoms with van der Waals surface area (Å²) in [6, 6.07) is 15.5. The van der Waals surface area contributed by atoms with Crippen LogP contribution < -0.4 is 0 Å². The standard InChI is InChI=1S/C28H34O5S2/c1-21-9-13-25(14-10-21)34-19-23(3)27(29)32-17-7-5-6-8-18-33-28(30)24(4)20-35(31)26-15-11-22(2)12-16-26/h9-16,19-20H,5-8,17-18H2,1-4H3/b23-19+,24-20+. The number of hydrogen-bond donors (Lipinski definition) is 0. The van der Waals surface area contributed by atoms with Gasteiger partial charge in [-0.15, -0.1) is 0 Å². The van der Waals surface area contributed by atoms with E-state index in [4.69, 9.17) is 9.47 Å². The van der Waals surface area contributed by atoms with Gasteiger partial charge in [0.1, 0.15) is 0 Å². The Labute approximate surface area is 215 Å². The third-order valence-electron chi connectivity index (χ3n) is 5.08. The molecule has 0 aliphatic rings. The largest absolute Gasteiger partial charge is 0.462 e. The van der Waals surface area contributed by atoms with E-state index in [2.05, 4.69) is 0 Å². The maximum Gasteiger partial charge on any atom is 0.334 e. The molecular weight excluding hydrogens is 480 g/mol. The van der Waals surface area contributed by atoms with Crippen LogP contribution in [0.3, 0.4) is 0 Å². The number of thioether (sulfide) groups is 1. The molecule has 0 heterocycles. The molecule has 0 bridgehead atoms. The quantitative estimate of drug-likeness (QED) is 0.129. The molecule has 35 heavy (non-hydrogen) atoms. The van der Waals surface area contributed by atoms with Gasteiger partial charge in [-0.3, -0.25) is 0 Å². The summed E-state index contributed by atoms with van der Waals surface area (Å²) >= 11 is 1.50. The molecular formula is C28H34O5S2. The number of hydrogen-bond acceptors (Lipinski definition) is 6. The van der Waals surface area contributed by atoms with Gasteiger partial charge in [0.15, 0.2) is 0 Å². The SMILES string of the molecule is C/C(=C\Sc1ccc(C)cc1)C(=O)OCCCCCCOC(=O)/C(C)=C/S(=O)c1ccc(C)cc1. The van der Waals surface area contributed by atoms with Gasteiger partial charge in [-0.25, -0.2) is 13.8 Å². The number of aryl methyl sites for hydroxylation is 2. The Balaban J connectivity index is 1.56. The van der Waals surface area contributed by atoms with E-state index in [0.29, 0.717) is 29.3 Å². The fraction of sp³-hybridized carbons (Fsp3) is 0.357. The second kappa shape index (κ2) is 15.4. The maximum atomic E-state index is 12.3. The van der Waals surface area contributed by atoms with E-state index in [-0.39, 0.29) is 5.97 Å². The van der Waals surface area contributed by atoms with Crippen LogP contribution in [0.5, 0.6) is 0 Å². The zero-order chi connectivity index (χ0) is 25.6. The minimum atomic E-state index is -1.38. The fourth-order valence-electron chi connectivity index (χ4n) is 2.89. The monoisotopic (exact) mass is 514 g/mol. The first-order chi connectivity index (χ1) is 16.8. The minimum Gasteiger partial charge on any atom is -0.462 e. The first-order valence-corrected chi connectivity index (χ1v) is 13.8. The molecule has 188 valence electrons. The highest BCUT2D eigenvalue weighted by Crippen LogP contribution is 2.21. The minimum absolute atomic E-state index is 0.302. The number of ether oxygens (including phenoxy) is 2. The van der Waals surface area contributed by atoms with Gasteiger partial charge in [-0.1, -0.05) is 47.2 Å². The fourth-order valence-corrected chi connectivity index (χ4v) is 4.55. The third-order valence-corrected chi connectivity index (χ3v) is 7.40. The summed E-state index contributed by atoms with van der Waals surface area (Å²) in [5.74, 6) is -0.756. The first kappa shape index (κ1) is 28.6. The number of rotatable bonds is 13. The number of carbonyl (C=O) groups excluding carboxylic acids is 2. The average Bonchev–Trinajstić information content (AvgIpc) is 2.85. The molecule has 0 radical (unpaired) electrons. The molecule has 0 amide bonds. The third kappa shape index (κ3) is 11.1. The molecule has 2 aromatic carbocycles. The Morgan fingerprint density at radius 2 is 1.26 bits per heavy atom. The van der Waals surface area contributed by atoms with Crippen molar-refractivity contribution in [3.05, 3.63) is 81.6 Å². The summed E-state index contributed by atoms with van der Waals surface area (Å²) in [6.45, 7) is 8.04. The normalized spacial score (nSPS) is 12.8. The Morgan fingerprint density at radius 1 is 0.771 bits per heavy atom. The highest BCUT2D eigenvalue weighted by atomic mass is 32.2. The number of esters is 2. The lowest BCUT2D eigenvalue weighted by Crippen LogP contribution is -2.08. The predicted octanol–water partition coefficient (Wildman–Crippen LogP) is 6.66. The van der Waals surface area contributed by atoms with Gasteiger partial charge in [-0.05, 0) is 83.1 Å². The van der Waals surface area contributed by atoms with Crippen LogP contribution in [0.15, 0.2) is 80.3 Å². The topological polar surface area (TPSA) is 69.7 Å². The average molecular weight is 515 g/mol. The lowest BCUT2D eigenvalue weighted by Gasteiger charge is -2.07. The van der Waals surface area contributed by atoms with Crippen LogP contribution in [0.4, 0.5) is 0 Å². The Kier molecular flexibility index (Phi) is 12.6. The summed E-state index contributed by atoms with van der Waals surface area (Å²) in [6.07, 6.45) is 3.21. The van der Waals surface area contributed by atoms with Crippen molar-refractivity contribution >= 4 is 34.5 Å². The number of carbonyl (C=O) groups is 2.